The fourth-order valence-corrected chi connectivity index (χ4v) is 12.3. The van der Waals surface area contributed by atoms with Crippen LogP contribution >= 0.6 is 0 Å². The molecule has 1 aromatic heterocycles. The molecule has 0 bridgehead atoms. The van der Waals surface area contributed by atoms with Crippen molar-refractivity contribution in [3.05, 3.63) is 47.3 Å². The Bertz CT molecular complexity index is 1620. The molecule has 0 amide bonds. The maximum Gasteiger partial charge on any atom is 0.192 e. The second-order valence-electron chi connectivity index (χ2n) is 25.9. The van der Waals surface area contributed by atoms with Crippen LogP contribution in [-0.2, 0) is 22.5 Å². The van der Waals surface area contributed by atoms with Crippen molar-refractivity contribution in [3.63, 3.8) is 0 Å². The first kappa shape index (κ1) is 60.0. The van der Waals surface area contributed by atoms with E-state index in [0.29, 0.717) is 13.0 Å². The molecule has 6 nitrogen and oxygen atoms in total. The van der Waals surface area contributed by atoms with Crippen LogP contribution in [0.4, 0.5) is 0 Å². The van der Waals surface area contributed by atoms with Crippen molar-refractivity contribution < 1.29 is 22.5 Å². The van der Waals surface area contributed by atoms with E-state index in [1.54, 1.807) is 0 Å². The van der Waals surface area contributed by atoms with Crippen LogP contribution in [0.3, 0.4) is 0 Å². The number of carbonyl (C=O) groups excluding carboxylic acids is 1. The van der Waals surface area contributed by atoms with E-state index in [-0.39, 0.29) is 56.1 Å². The van der Waals surface area contributed by atoms with Crippen LogP contribution in [0.15, 0.2) is 41.6 Å². The summed E-state index contributed by atoms with van der Waals surface area (Å²) >= 11 is 0. The number of pyridine rings is 1. The molecule has 0 saturated carbocycles. The molecule has 1 aromatic rings. The van der Waals surface area contributed by atoms with Crippen LogP contribution in [-0.4, -0.2) is 69.0 Å². The zero-order valence-corrected chi connectivity index (χ0v) is 50.3. The normalized spacial score (nSPS) is 17.4. The molecule has 0 fully saturated rings. The highest BCUT2D eigenvalue weighted by atomic mass is 28.4. The van der Waals surface area contributed by atoms with Gasteiger partial charge < -0.3 is 17.7 Å². The number of hydrogen-bond acceptors (Lipinski definition) is 6. The topological polar surface area (TPSA) is 66.9 Å². The molecule has 0 aliphatic carbocycles. The Hall–Kier alpha value is -0.992. The first-order chi connectivity index (χ1) is 28.1. The molecule has 0 radical (unpaired) electrons. The van der Waals surface area contributed by atoms with Crippen molar-refractivity contribution in [2.75, 3.05) is 6.61 Å². The minimum atomic E-state index is -2.25. The van der Waals surface area contributed by atoms with Gasteiger partial charge in [-0.15, -0.1) is 0 Å². The Morgan fingerprint density at radius 3 is 1.65 bits per heavy atom. The smallest absolute Gasteiger partial charge is 0.192 e. The molecule has 0 aliphatic rings. The molecule has 0 spiro atoms. The predicted octanol–water partition coefficient (Wildman–Crippen LogP) is 16.8. The Kier molecular flexibility index (Phi) is 21.8. The lowest BCUT2D eigenvalue weighted by Gasteiger charge is -2.47. The molecular formula is C53H103NO5Si4. The van der Waals surface area contributed by atoms with E-state index in [1.807, 2.05) is 18.3 Å². The quantitative estimate of drug-likeness (QED) is 0.0760. The van der Waals surface area contributed by atoms with E-state index in [4.69, 9.17) is 17.7 Å². The summed E-state index contributed by atoms with van der Waals surface area (Å²) in [6.45, 7) is 60.1. The second-order valence-corrected chi connectivity index (χ2v) is 45.0. The minimum absolute atomic E-state index is 0.00752. The van der Waals surface area contributed by atoms with E-state index in [9.17, 15) is 0 Å². The van der Waals surface area contributed by atoms with Crippen LogP contribution in [0.2, 0.25) is 72.5 Å². The summed E-state index contributed by atoms with van der Waals surface area (Å²) in [6, 6.07) is 6.06. The number of carbonyl (C=O) groups is 1. The summed E-state index contributed by atoms with van der Waals surface area (Å²) in [6.07, 6.45) is 11.3. The second kappa shape index (κ2) is 22.9. The summed E-state index contributed by atoms with van der Waals surface area (Å²) in [5.74, 6) is 0.237. The third-order valence-electron chi connectivity index (χ3n) is 16.0. The molecule has 0 aliphatic heterocycles. The lowest BCUT2D eigenvalue weighted by Crippen LogP contribution is -2.55. The third-order valence-corrected chi connectivity index (χ3v) is 34.0. The van der Waals surface area contributed by atoms with E-state index in [2.05, 4.69) is 200 Å². The Morgan fingerprint density at radius 2 is 1.19 bits per heavy atom. The van der Waals surface area contributed by atoms with Crippen LogP contribution in [0.25, 0.3) is 6.08 Å². The fraction of sp³-hybridized carbons (Fsp3) is 0.811. The average Bonchev–Trinajstić information content (AvgIpc) is 3.10. The highest BCUT2D eigenvalue weighted by Gasteiger charge is 2.50. The maximum atomic E-state index is 15.4. The maximum absolute atomic E-state index is 15.4. The highest BCUT2D eigenvalue weighted by molar-refractivity contribution is 6.75. The molecule has 0 aromatic carbocycles. The first-order valence-corrected chi connectivity index (χ1v) is 36.2. The summed E-state index contributed by atoms with van der Waals surface area (Å²) in [5.41, 5.74) is 2.82. The van der Waals surface area contributed by atoms with Gasteiger partial charge in [-0.2, -0.15) is 0 Å². The third kappa shape index (κ3) is 17.6. The van der Waals surface area contributed by atoms with Gasteiger partial charge in [0.1, 0.15) is 5.78 Å². The largest absolute Gasteiger partial charge is 0.417 e. The van der Waals surface area contributed by atoms with Crippen LogP contribution < -0.4 is 0 Å². The SMILES string of the molecule is CC[C@@H](C(=O)C(C)(C)[C@H](CCO[Si](C)(C)C(C)(C)C)O[Si](C)(C)C(C)(C)C)[C@@H](O[Si](C)(C)C(C)(C)C)[C@@H](C)CCC/C(C)=C/C[C@H](O[Si](C)(C)C(C)(C)C)/C(C)=C/c1ccccn1. The standard InChI is InChI=1S/C53H103NO5Si4/c1-27-44(48(55)53(17,18)46(58-62(23,24)51(11,12)13)36-38-56-60(19,20)49(5,6)7)47(59-63(25,26)52(14,15)16)41(3)32-30-31-40(2)34-35-45(57-61(21,22)50(8,9)10)42(4)39-43-33-28-29-37-54-43/h28-29,33-34,37,39,41,44-47H,27,30-32,35-36,38H2,1-26H3/b40-34+,42-39+/t41-,44+,45-,46-,47-/m0/s1. The molecule has 0 N–H and O–H groups in total. The molecule has 0 saturated heterocycles. The number of allylic oxidation sites excluding steroid dienone is 1. The fourth-order valence-electron chi connectivity index (χ4n) is 6.98. The van der Waals surface area contributed by atoms with E-state index in [1.165, 1.54) is 11.1 Å². The Morgan fingerprint density at radius 1 is 0.698 bits per heavy atom. The van der Waals surface area contributed by atoms with Gasteiger partial charge in [-0.05, 0) is 155 Å². The van der Waals surface area contributed by atoms with Crippen molar-refractivity contribution >= 4 is 45.1 Å². The van der Waals surface area contributed by atoms with Crippen molar-refractivity contribution in [2.24, 2.45) is 17.3 Å². The zero-order valence-electron chi connectivity index (χ0n) is 46.3. The molecule has 0 unspecified atom stereocenters. The Balaban J connectivity index is 3.54. The Labute approximate surface area is 395 Å². The molecular weight excluding hydrogens is 843 g/mol. The average molecular weight is 947 g/mol. The van der Waals surface area contributed by atoms with Crippen molar-refractivity contribution in [2.45, 2.75) is 254 Å². The van der Waals surface area contributed by atoms with Crippen LogP contribution in [0.1, 0.15) is 169 Å². The van der Waals surface area contributed by atoms with Crippen molar-refractivity contribution in [1.82, 2.24) is 4.98 Å². The monoisotopic (exact) mass is 946 g/mol. The van der Waals surface area contributed by atoms with Gasteiger partial charge in [0.2, 0.25) is 0 Å². The molecule has 366 valence electrons. The van der Waals surface area contributed by atoms with Gasteiger partial charge in [-0.3, -0.25) is 9.78 Å². The van der Waals surface area contributed by atoms with Crippen LogP contribution in [0, 0.1) is 17.3 Å². The van der Waals surface area contributed by atoms with Gasteiger partial charge >= 0.3 is 0 Å². The van der Waals surface area contributed by atoms with Gasteiger partial charge in [0.15, 0.2) is 33.3 Å². The van der Waals surface area contributed by atoms with Crippen LogP contribution in [0.5, 0.6) is 0 Å². The number of hydrogen-bond donors (Lipinski definition) is 0. The number of rotatable bonds is 24. The molecule has 63 heavy (non-hydrogen) atoms. The lowest BCUT2D eigenvalue weighted by molar-refractivity contribution is -0.142. The zero-order chi connectivity index (χ0) is 49.4. The molecule has 5 atom stereocenters. The van der Waals surface area contributed by atoms with Crippen molar-refractivity contribution in [1.29, 1.82) is 0 Å². The summed E-state index contributed by atoms with van der Waals surface area (Å²) < 4.78 is 28.6. The van der Waals surface area contributed by atoms with Gasteiger partial charge in [0.05, 0.1) is 24.0 Å². The molecule has 1 rings (SSSR count). The summed E-state index contributed by atoms with van der Waals surface area (Å²) in [4.78, 5) is 20.0. The van der Waals surface area contributed by atoms with E-state index < -0.39 is 38.7 Å². The van der Waals surface area contributed by atoms with Crippen molar-refractivity contribution in [3.8, 4) is 0 Å². The van der Waals surface area contributed by atoms with Gasteiger partial charge in [0, 0.05) is 24.1 Å². The number of ketones is 1. The minimum Gasteiger partial charge on any atom is -0.417 e. The number of Topliss-reactive ketones (excluding diaryl/α,β-unsaturated/α-hetero) is 1. The molecule has 1 heterocycles. The number of nitrogens with zero attached hydrogens (tertiary/aromatic N) is 1. The van der Waals surface area contributed by atoms with Gasteiger partial charge in [-0.25, -0.2) is 0 Å². The molecule has 10 heteroatoms. The van der Waals surface area contributed by atoms with E-state index >= 15 is 4.79 Å². The first-order valence-electron chi connectivity index (χ1n) is 24.6. The highest BCUT2D eigenvalue weighted by Crippen LogP contribution is 2.46. The number of aromatic nitrogens is 1. The summed E-state index contributed by atoms with van der Waals surface area (Å²) in [5, 5.41) is 0.248. The van der Waals surface area contributed by atoms with Gasteiger partial charge in [-0.1, -0.05) is 128 Å². The van der Waals surface area contributed by atoms with E-state index in [0.717, 1.165) is 37.8 Å². The lowest BCUT2D eigenvalue weighted by atomic mass is 9.71. The van der Waals surface area contributed by atoms with Gasteiger partial charge in [0.25, 0.3) is 0 Å². The predicted molar refractivity (Wildman–Crippen MR) is 286 cm³/mol. The summed E-state index contributed by atoms with van der Waals surface area (Å²) in [7, 11) is -8.50.